The molecule has 1 saturated carbocycles. The summed E-state index contributed by atoms with van der Waals surface area (Å²) in [4.78, 5) is 15.9. The van der Waals surface area contributed by atoms with E-state index in [1.165, 1.54) is 19.0 Å². The van der Waals surface area contributed by atoms with Gasteiger partial charge in [-0.15, -0.1) is 0 Å². The largest absolute Gasteiger partial charge is 0.487 e. The van der Waals surface area contributed by atoms with E-state index >= 15 is 0 Å². The summed E-state index contributed by atoms with van der Waals surface area (Å²) in [6.45, 7) is 1.87. The Hall–Kier alpha value is -2.30. The van der Waals surface area contributed by atoms with Crippen molar-refractivity contribution in [3.63, 3.8) is 0 Å². The van der Waals surface area contributed by atoms with Gasteiger partial charge in [-0.3, -0.25) is 0 Å². The number of hydrogen-bond acceptors (Lipinski definition) is 3. The molecule has 0 bridgehead atoms. The molecule has 1 aromatic carbocycles. The number of fused-ring (bicyclic) bond motifs is 1. The highest BCUT2D eigenvalue weighted by molar-refractivity contribution is 5.85. The predicted octanol–water partition coefficient (Wildman–Crippen LogP) is 3.57. The maximum absolute atomic E-state index is 11.6. The number of aromatic nitrogens is 2. The van der Waals surface area contributed by atoms with Gasteiger partial charge in [0.25, 0.3) is 0 Å². The zero-order valence-electron chi connectivity index (χ0n) is 13.2. The van der Waals surface area contributed by atoms with E-state index in [2.05, 4.69) is 4.98 Å². The molecule has 120 valence electrons. The number of carbonyl (C=O) groups is 1. The molecule has 1 unspecified atom stereocenters. The molecule has 1 N–H and O–H groups in total. The number of rotatable bonds is 2. The van der Waals surface area contributed by atoms with Crippen molar-refractivity contribution in [2.75, 3.05) is 0 Å². The zero-order chi connectivity index (χ0) is 16.0. The van der Waals surface area contributed by atoms with Crippen molar-refractivity contribution < 1.29 is 14.6 Å². The monoisotopic (exact) mass is 312 g/mol. The maximum Gasteiger partial charge on any atom is 0.354 e. The van der Waals surface area contributed by atoms with E-state index in [0.29, 0.717) is 0 Å². The normalized spacial score (nSPS) is 21.9. The van der Waals surface area contributed by atoms with E-state index in [1.807, 2.05) is 35.8 Å². The molecule has 0 saturated heterocycles. The van der Waals surface area contributed by atoms with Gasteiger partial charge in [0.2, 0.25) is 0 Å². The molecule has 2 heterocycles. The Morgan fingerprint density at radius 1 is 1.35 bits per heavy atom. The highest BCUT2D eigenvalue weighted by Crippen LogP contribution is 2.48. The van der Waals surface area contributed by atoms with E-state index < -0.39 is 5.97 Å². The Morgan fingerprint density at radius 3 is 2.83 bits per heavy atom. The highest BCUT2D eigenvalue weighted by atomic mass is 16.5. The molecule has 0 radical (unpaired) electrons. The molecule has 5 heteroatoms. The minimum absolute atomic E-state index is 0.0355. The fourth-order valence-corrected chi connectivity index (χ4v) is 4.15. The first-order valence-electron chi connectivity index (χ1n) is 8.15. The molecule has 1 aliphatic heterocycles. The van der Waals surface area contributed by atoms with Crippen molar-refractivity contribution in [2.45, 2.75) is 50.7 Å². The number of carboxylic acids is 1. The van der Waals surface area contributed by atoms with Crippen LogP contribution < -0.4 is 4.74 Å². The second kappa shape index (κ2) is 5.11. The third-order valence-corrected chi connectivity index (χ3v) is 5.20. The van der Waals surface area contributed by atoms with Crippen LogP contribution >= 0.6 is 0 Å². The van der Waals surface area contributed by atoms with E-state index in [4.69, 9.17) is 4.74 Å². The molecule has 1 aliphatic carbocycles. The molecule has 23 heavy (non-hydrogen) atoms. The number of ether oxygens (including phenoxy) is 1. The molecule has 0 amide bonds. The molecular formula is C18H20N2O3. The summed E-state index contributed by atoms with van der Waals surface area (Å²) in [6, 6.07) is 7.95. The Bertz CT molecular complexity index is 759. The lowest BCUT2D eigenvalue weighted by Crippen LogP contribution is -2.40. The molecule has 4 rings (SSSR count). The number of carboxylic acid groups (broad SMARTS) is 1. The molecule has 5 nitrogen and oxygen atoms in total. The van der Waals surface area contributed by atoms with Gasteiger partial charge in [0.15, 0.2) is 0 Å². The van der Waals surface area contributed by atoms with Crippen LogP contribution in [0, 0.1) is 6.92 Å². The van der Waals surface area contributed by atoms with Crippen LogP contribution in [0.1, 0.15) is 60.0 Å². The summed E-state index contributed by atoms with van der Waals surface area (Å²) in [5, 5.41) is 9.52. The molecule has 2 aliphatic rings. The number of hydrogen-bond donors (Lipinski definition) is 1. The fourth-order valence-electron chi connectivity index (χ4n) is 4.15. The molecule has 1 fully saturated rings. The van der Waals surface area contributed by atoms with Crippen LogP contribution in [0.25, 0.3) is 0 Å². The van der Waals surface area contributed by atoms with E-state index in [9.17, 15) is 9.90 Å². The average Bonchev–Trinajstić information content (AvgIpc) is 3.13. The lowest BCUT2D eigenvalue weighted by molar-refractivity contribution is 0.0359. The topological polar surface area (TPSA) is 64.3 Å². The first-order valence-corrected chi connectivity index (χ1v) is 8.15. The quantitative estimate of drug-likeness (QED) is 0.920. The SMILES string of the molecule is Cc1ncc(C(=O)O)n1C1CC2(CCCC2)Oc2ccccc21. The van der Waals surface area contributed by atoms with Gasteiger partial charge in [-0.05, 0) is 38.7 Å². The second-order valence-electron chi connectivity index (χ2n) is 6.62. The Morgan fingerprint density at radius 2 is 2.09 bits per heavy atom. The Labute approximate surface area is 134 Å². The van der Waals surface area contributed by atoms with Gasteiger partial charge < -0.3 is 14.4 Å². The first-order chi connectivity index (χ1) is 11.1. The minimum Gasteiger partial charge on any atom is -0.487 e. The standard InChI is InChI=1S/C18H20N2O3/c1-12-19-11-15(17(21)22)20(12)14-10-18(8-4-5-9-18)23-16-7-3-2-6-13(14)16/h2-3,6-7,11,14H,4-5,8-10H2,1H3,(H,21,22). The van der Waals surface area contributed by atoms with Crippen LogP contribution in [0.15, 0.2) is 30.5 Å². The molecule has 1 aromatic heterocycles. The van der Waals surface area contributed by atoms with Gasteiger partial charge in [0, 0.05) is 12.0 Å². The molecule has 2 aromatic rings. The van der Waals surface area contributed by atoms with Crippen molar-refractivity contribution in [3.8, 4) is 5.75 Å². The maximum atomic E-state index is 11.6. The highest BCUT2D eigenvalue weighted by Gasteiger charge is 2.44. The number of aromatic carboxylic acids is 1. The third kappa shape index (κ3) is 2.22. The molecule has 1 atom stereocenters. The van der Waals surface area contributed by atoms with Crippen LogP contribution in [0.4, 0.5) is 0 Å². The number of para-hydroxylation sites is 1. The lowest BCUT2D eigenvalue weighted by Gasteiger charge is -2.41. The number of nitrogens with zero attached hydrogens (tertiary/aromatic N) is 2. The van der Waals surface area contributed by atoms with Gasteiger partial charge in [0.1, 0.15) is 22.9 Å². The zero-order valence-corrected chi connectivity index (χ0v) is 13.2. The van der Waals surface area contributed by atoms with Crippen LogP contribution in [-0.4, -0.2) is 26.2 Å². The lowest BCUT2D eigenvalue weighted by atomic mass is 9.85. The number of aryl methyl sites for hydroxylation is 1. The predicted molar refractivity (Wildman–Crippen MR) is 84.9 cm³/mol. The first kappa shape index (κ1) is 14.3. The van der Waals surface area contributed by atoms with Crippen molar-refractivity contribution in [1.82, 2.24) is 9.55 Å². The number of benzene rings is 1. The molecule has 1 spiro atoms. The van der Waals surface area contributed by atoms with Crippen molar-refractivity contribution >= 4 is 5.97 Å². The summed E-state index contributed by atoms with van der Waals surface area (Å²) in [7, 11) is 0. The van der Waals surface area contributed by atoms with E-state index in [0.717, 1.165) is 36.4 Å². The smallest absolute Gasteiger partial charge is 0.354 e. The van der Waals surface area contributed by atoms with Crippen LogP contribution in [0.5, 0.6) is 5.75 Å². The van der Waals surface area contributed by atoms with Crippen molar-refractivity contribution in [3.05, 3.63) is 47.5 Å². The summed E-state index contributed by atoms with van der Waals surface area (Å²) in [6.07, 6.45) is 6.67. The Balaban J connectivity index is 1.87. The summed E-state index contributed by atoms with van der Waals surface area (Å²) in [5.41, 5.74) is 1.14. The van der Waals surface area contributed by atoms with Gasteiger partial charge in [-0.2, -0.15) is 0 Å². The van der Waals surface area contributed by atoms with E-state index in [1.54, 1.807) is 0 Å². The summed E-state index contributed by atoms with van der Waals surface area (Å²) < 4.78 is 8.23. The fraction of sp³-hybridized carbons (Fsp3) is 0.444. The van der Waals surface area contributed by atoms with Gasteiger partial charge >= 0.3 is 5.97 Å². The second-order valence-corrected chi connectivity index (χ2v) is 6.62. The summed E-state index contributed by atoms with van der Waals surface area (Å²) >= 11 is 0. The summed E-state index contributed by atoms with van der Waals surface area (Å²) in [5.74, 6) is 0.683. The van der Waals surface area contributed by atoms with E-state index in [-0.39, 0.29) is 17.3 Å². The Kier molecular flexibility index (Phi) is 3.18. The van der Waals surface area contributed by atoms with Crippen molar-refractivity contribution in [1.29, 1.82) is 0 Å². The number of imidazole rings is 1. The van der Waals surface area contributed by atoms with Crippen molar-refractivity contribution in [2.24, 2.45) is 0 Å². The van der Waals surface area contributed by atoms with Crippen LogP contribution in [0.2, 0.25) is 0 Å². The van der Waals surface area contributed by atoms with Gasteiger partial charge in [0.05, 0.1) is 12.2 Å². The molecular weight excluding hydrogens is 292 g/mol. The van der Waals surface area contributed by atoms with Crippen LogP contribution in [0.3, 0.4) is 0 Å². The minimum atomic E-state index is -0.935. The van der Waals surface area contributed by atoms with Crippen LogP contribution in [-0.2, 0) is 0 Å². The third-order valence-electron chi connectivity index (χ3n) is 5.20. The van der Waals surface area contributed by atoms with Gasteiger partial charge in [-0.1, -0.05) is 18.2 Å². The van der Waals surface area contributed by atoms with Gasteiger partial charge in [-0.25, -0.2) is 9.78 Å². The average molecular weight is 312 g/mol.